The van der Waals surface area contributed by atoms with Crippen LogP contribution in [0.15, 0.2) is 0 Å². The second-order valence-corrected chi connectivity index (χ2v) is 5.91. The van der Waals surface area contributed by atoms with Crippen molar-refractivity contribution in [3.63, 3.8) is 0 Å². The van der Waals surface area contributed by atoms with E-state index >= 15 is 0 Å². The maximum Gasteiger partial charge on any atom is 0.0813 e. The first kappa shape index (κ1) is 14.3. The van der Waals surface area contributed by atoms with Crippen LogP contribution in [0.5, 0.6) is 0 Å². The van der Waals surface area contributed by atoms with Crippen LogP contribution in [0.4, 0.5) is 0 Å². The zero-order chi connectivity index (χ0) is 12.8. The van der Waals surface area contributed by atoms with E-state index in [0.29, 0.717) is 18.3 Å². The summed E-state index contributed by atoms with van der Waals surface area (Å²) in [5, 5.41) is 3.61. The van der Waals surface area contributed by atoms with Crippen molar-refractivity contribution in [2.45, 2.75) is 83.1 Å². The van der Waals surface area contributed by atoms with Gasteiger partial charge in [0.05, 0.1) is 24.9 Å². The summed E-state index contributed by atoms with van der Waals surface area (Å²) < 4.78 is 11.8. The standard InChI is InChI=1S/C15H29NO2/c1-3-10-16-13-5-8-14(9-6-13)17-11-15-7-4-12(2)18-15/h12-16H,3-11H2,1-2H3. The molecule has 2 aliphatic rings. The van der Waals surface area contributed by atoms with E-state index in [-0.39, 0.29) is 0 Å². The summed E-state index contributed by atoms with van der Waals surface area (Å²) in [6, 6.07) is 0.729. The van der Waals surface area contributed by atoms with Crippen LogP contribution in [0.1, 0.15) is 58.8 Å². The molecule has 0 radical (unpaired) electrons. The minimum atomic E-state index is 0.357. The number of hydrogen-bond donors (Lipinski definition) is 1. The van der Waals surface area contributed by atoms with Crippen LogP contribution < -0.4 is 5.32 Å². The Kier molecular flexibility index (Phi) is 5.93. The zero-order valence-electron chi connectivity index (χ0n) is 12.0. The predicted molar refractivity (Wildman–Crippen MR) is 73.9 cm³/mol. The Morgan fingerprint density at radius 1 is 1.11 bits per heavy atom. The van der Waals surface area contributed by atoms with Gasteiger partial charge in [-0.2, -0.15) is 0 Å². The molecule has 1 saturated heterocycles. The summed E-state index contributed by atoms with van der Waals surface area (Å²) in [5.41, 5.74) is 0. The summed E-state index contributed by atoms with van der Waals surface area (Å²) in [6.45, 7) is 6.35. The molecule has 1 saturated carbocycles. The lowest BCUT2D eigenvalue weighted by molar-refractivity contribution is -0.0490. The summed E-state index contributed by atoms with van der Waals surface area (Å²) in [5.74, 6) is 0. The fraction of sp³-hybridized carbons (Fsp3) is 1.00. The Morgan fingerprint density at radius 3 is 2.50 bits per heavy atom. The molecule has 0 spiro atoms. The molecule has 0 aromatic carbocycles. The van der Waals surface area contributed by atoms with Crippen molar-refractivity contribution in [3.05, 3.63) is 0 Å². The molecule has 3 heteroatoms. The van der Waals surface area contributed by atoms with E-state index < -0.39 is 0 Å². The van der Waals surface area contributed by atoms with Gasteiger partial charge < -0.3 is 14.8 Å². The smallest absolute Gasteiger partial charge is 0.0813 e. The van der Waals surface area contributed by atoms with E-state index in [1.165, 1.54) is 44.9 Å². The quantitative estimate of drug-likeness (QED) is 0.791. The van der Waals surface area contributed by atoms with E-state index in [2.05, 4.69) is 19.2 Å². The van der Waals surface area contributed by atoms with Crippen molar-refractivity contribution in [2.75, 3.05) is 13.2 Å². The molecule has 0 bridgehead atoms. The van der Waals surface area contributed by atoms with Crippen molar-refractivity contribution in [2.24, 2.45) is 0 Å². The topological polar surface area (TPSA) is 30.5 Å². The van der Waals surface area contributed by atoms with Gasteiger partial charge in [0.2, 0.25) is 0 Å². The van der Waals surface area contributed by atoms with Crippen LogP contribution in [-0.2, 0) is 9.47 Å². The molecule has 1 heterocycles. The maximum absolute atomic E-state index is 6.02. The van der Waals surface area contributed by atoms with Crippen LogP contribution in [0, 0.1) is 0 Å². The Morgan fingerprint density at radius 2 is 1.89 bits per heavy atom. The largest absolute Gasteiger partial charge is 0.376 e. The molecule has 18 heavy (non-hydrogen) atoms. The highest BCUT2D eigenvalue weighted by molar-refractivity contribution is 4.78. The Balaban J connectivity index is 1.56. The summed E-state index contributed by atoms with van der Waals surface area (Å²) in [4.78, 5) is 0. The molecule has 0 aromatic heterocycles. The maximum atomic E-state index is 6.02. The van der Waals surface area contributed by atoms with Gasteiger partial charge in [-0.05, 0) is 58.4 Å². The van der Waals surface area contributed by atoms with E-state index in [4.69, 9.17) is 9.47 Å². The highest BCUT2D eigenvalue weighted by Crippen LogP contribution is 2.24. The molecule has 0 amide bonds. The normalized spacial score (nSPS) is 37.0. The summed E-state index contributed by atoms with van der Waals surface area (Å²) in [6.07, 6.45) is 9.84. The van der Waals surface area contributed by atoms with Crippen LogP contribution >= 0.6 is 0 Å². The van der Waals surface area contributed by atoms with E-state index in [9.17, 15) is 0 Å². The SMILES string of the molecule is CCCNC1CCC(OCC2CCC(C)O2)CC1. The van der Waals surface area contributed by atoms with Gasteiger partial charge in [-0.1, -0.05) is 6.92 Å². The van der Waals surface area contributed by atoms with Gasteiger partial charge in [0.1, 0.15) is 0 Å². The van der Waals surface area contributed by atoms with Crippen LogP contribution in [0.2, 0.25) is 0 Å². The molecule has 1 aliphatic heterocycles. The average molecular weight is 255 g/mol. The first-order valence-electron chi connectivity index (χ1n) is 7.78. The number of ether oxygens (including phenoxy) is 2. The highest BCUT2D eigenvalue weighted by Gasteiger charge is 2.25. The summed E-state index contributed by atoms with van der Waals surface area (Å²) in [7, 11) is 0. The van der Waals surface area contributed by atoms with Crippen molar-refractivity contribution in [1.29, 1.82) is 0 Å². The third kappa shape index (κ3) is 4.52. The predicted octanol–water partition coefficient (Wildman–Crippen LogP) is 2.88. The van der Waals surface area contributed by atoms with Crippen molar-refractivity contribution >= 4 is 0 Å². The van der Waals surface area contributed by atoms with Gasteiger partial charge in [-0.3, -0.25) is 0 Å². The van der Waals surface area contributed by atoms with Gasteiger partial charge in [-0.25, -0.2) is 0 Å². The first-order valence-corrected chi connectivity index (χ1v) is 7.78. The summed E-state index contributed by atoms with van der Waals surface area (Å²) >= 11 is 0. The van der Waals surface area contributed by atoms with Crippen molar-refractivity contribution < 1.29 is 9.47 Å². The fourth-order valence-corrected chi connectivity index (χ4v) is 3.03. The molecule has 2 rings (SSSR count). The first-order chi connectivity index (χ1) is 8.78. The van der Waals surface area contributed by atoms with Crippen LogP contribution in [0.25, 0.3) is 0 Å². The van der Waals surface area contributed by atoms with Crippen molar-refractivity contribution in [1.82, 2.24) is 5.32 Å². The number of nitrogens with one attached hydrogen (secondary N) is 1. The second-order valence-electron chi connectivity index (χ2n) is 5.91. The molecular weight excluding hydrogens is 226 g/mol. The third-order valence-electron chi connectivity index (χ3n) is 4.19. The zero-order valence-corrected chi connectivity index (χ0v) is 12.0. The molecule has 2 fully saturated rings. The average Bonchev–Trinajstić information content (AvgIpc) is 2.81. The van der Waals surface area contributed by atoms with Gasteiger partial charge >= 0.3 is 0 Å². The Bertz CT molecular complexity index is 227. The molecule has 2 unspecified atom stereocenters. The van der Waals surface area contributed by atoms with Gasteiger partial charge in [-0.15, -0.1) is 0 Å². The molecule has 106 valence electrons. The van der Waals surface area contributed by atoms with Gasteiger partial charge in [0.25, 0.3) is 0 Å². The fourth-order valence-electron chi connectivity index (χ4n) is 3.03. The lowest BCUT2D eigenvalue weighted by Gasteiger charge is -2.29. The highest BCUT2D eigenvalue weighted by atomic mass is 16.5. The molecule has 3 nitrogen and oxygen atoms in total. The van der Waals surface area contributed by atoms with E-state index in [0.717, 1.165) is 19.2 Å². The number of rotatable bonds is 6. The van der Waals surface area contributed by atoms with Crippen molar-refractivity contribution in [3.8, 4) is 0 Å². The molecule has 0 aromatic rings. The third-order valence-corrected chi connectivity index (χ3v) is 4.19. The lowest BCUT2D eigenvalue weighted by atomic mass is 9.93. The molecule has 1 aliphatic carbocycles. The monoisotopic (exact) mass is 255 g/mol. The van der Waals surface area contributed by atoms with Crippen LogP contribution in [0.3, 0.4) is 0 Å². The molecular formula is C15H29NO2. The lowest BCUT2D eigenvalue weighted by Crippen LogP contribution is -2.36. The minimum absolute atomic E-state index is 0.357. The van der Waals surface area contributed by atoms with Gasteiger partial charge in [0.15, 0.2) is 0 Å². The second kappa shape index (κ2) is 7.46. The minimum Gasteiger partial charge on any atom is -0.376 e. The van der Waals surface area contributed by atoms with E-state index in [1.54, 1.807) is 0 Å². The molecule has 2 atom stereocenters. The number of hydrogen-bond acceptors (Lipinski definition) is 3. The van der Waals surface area contributed by atoms with Crippen LogP contribution in [-0.4, -0.2) is 37.5 Å². The molecule has 1 N–H and O–H groups in total. The Labute approximate surface area is 112 Å². The van der Waals surface area contributed by atoms with E-state index in [1.807, 2.05) is 0 Å². The van der Waals surface area contributed by atoms with Gasteiger partial charge in [0, 0.05) is 6.04 Å². The Hall–Kier alpha value is -0.120.